The van der Waals surface area contributed by atoms with Gasteiger partial charge in [-0.15, -0.1) is 0 Å². The number of halogens is 1. The quantitative estimate of drug-likeness (QED) is 0.737. The fourth-order valence-electron chi connectivity index (χ4n) is 1.86. The first-order chi connectivity index (χ1) is 10.6. The number of aromatic nitrogens is 2. The highest BCUT2D eigenvalue weighted by Gasteiger charge is 2.10. The molecule has 2 rings (SSSR count). The van der Waals surface area contributed by atoms with Crippen LogP contribution >= 0.6 is 0 Å². The van der Waals surface area contributed by atoms with Crippen LogP contribution in [0.4, 0.5) is 10.3 Å². The van der Waals surface area contributed by atoms with Gasteiger partial charge in [-0.3, -0.25) is 0 Å². The highest BCUT2D eigenvalue weighted by atomic mass is 19.1. The first kappa shape index (κ1) is 15.4. The number of hydrogen-bond donors (Lipinski definition) is 3. The van der Waals surface area contributed by atoms with Gasteiger partial charge in [0.2, 0.25) is 5.95 Å². The molecule has 0 atom stereocenters. The molecule has 4 N–H and O–H groups in total. The van der Waals surface area contributed by atoms with Crippen LogP contribution in [-0.4, -0.2) is 23.3 Å². The summed E-state index contributed by atoms with van der Waals surface area (Å²) >= 11 is 0. The summed E-state index contributed by atoms with van der Waals surface area (Å²) in [5.74, 6) is -0.0162. The molecule has 0 aliphatic heterocycles. The lowest BCUT2D eigenvalue weighted by atomic mass is 10.1. The number of anilines is 1. The van der Waals surface area contributed by atoms with Crippen LogP contribution in [0.5, 0.6) is 5.75 Å². The van der Waals surface area contributed by atoms with Gasteiger partial charge in [0.05, 0.1) is 18.5 Å². The number of allylic oxidation sites excluding steroid dienone is 1. The number of ether oxygens (including phenoxy) is 1. The van der Waals surface area contributed by atoms with E-state index in [2.05, 4.69) is 15.3 Å². The first-order valence-corrected chi connectivity index (χ1v) is 6.46. The zero-order valence-electron chi connectivity index (χ0n) is 12.2. The minimum absolute atomic E-state index is 0.172. The zero-order chi connectivity index (χ0) is 16.1. The maximum Gasteiger partial charge on any atom is 0.227 e. The Labute approximate surface area is 127 Å². The van der Waals surface area contributed by atoms with Crippen LogP contribution in [-0.2, 0) is 0 Å². The van der Waals surface area contributed by atoms with Gasteiger partial charge in [0.25, 0.3) is 0 Å². The smallest absolute Gasteiger partial charge is 0.227 e. The Balaban J connectivity index is 2.42. The number of nitrogens with two attached hydrogens (primary N) is 1. The number of hydrogen-bond acceptors (Lipinski definition) is 6. The Kier molecular flexibility index (Phi) is 4.67. The van der Waals surface area contributed by atoms with Crippen molar-refractivity contribution < 1.29 is 9.13 Å². The van der Waals surface area contributed by atoms with Gasteiger partial charge in [0.15, 0.2) is 11.6 Å². The minimum atomic E-state index is -0.463. The van der Waals surface area contributed by atoms with E-state index in [-0.39, 0.29) is 11.7 Å². The molecule has 2 aromatic rings. The fraction of sp³-hybridized carbons (Fsp3) is 0.133. The van der Waals surface area contributed by atoms with E-state index in [0.29, 0.717) is 17.0 Å². The standard InChI is InChI=1S/C15H16FN5O/c1-9-8-19-15(20-11(6-17)7-18)21-14(9)10-3-4-13(22-2)12(16)5-10/h3-8,17H,18H2,1-2H3,(H,19,20,21)/b11-7+,17-6?. The lowest BCUT2D eigenvalue weighted by molar-refractivity contribution is 0.386. The van der Waals surface area contributed by atoms with Crippen LogP contribution in [0, 0.1) is 18.2 Å². The summed E-state index contributed by atoms with van der Waals surface area (Å²) in [4.78, 5) is 8.46. The number of methoxy groups -OCH3 is 1. The predicted molar refractivity (Wildman–Crippen MR) is 83.4 cm³/mol. The van der Waals surface area contributed by atoms with Gasteiger partial charge in [0, 0.05) is 24.2 Å². The molecule has 1 aromatic heterocycles. The molecule has 0 spiro atoms. The van der Waals surface area contributed by atoms with Gasteiger partial charge in [-0.2, -0.15) is 0 Å². The second kappa shape index (κ2) is 6.66. The lowest BCUT2D eigenvalue weighted by Crippen LogP contribution is -2.07. The molecular formula is C15H16FN5O. The molecular weight excluding hydrogens is 285 g/mol. The van der Waals surface area contributed by atoms with Crippen molar-refractivity contribution in [2.75, 3.05) is 12.4 Å². The van der Waals surface area contributed by atoms with Crippen LogP contribution in [0.25, 0.3) is 11.3 Å². The third-order valence-corrected chi connectivity index (χ3v) is 2.99. The second-order valence-electron chi connectivity index (χ2n) is 4.47. The zero-order valence-corrected chi connectivity index (χ0v) is 12.2. The Hall–Kier alpha value is -2.96. The minimum Gasteiger partial charge on any atom is -0.494 e. The monoisotopic (exact) mass is 301 g/mol. The van der Waals surface area contributed by atoms with Crippen LogP contribution < -0.4 is 15.8 Å². The second-order valence-corrected chi connectivity index (χ2v) is 4.47. The molecule has 6 nitrogen and oxygen atoms in total. The Morgan fingerprint density at radius 2 is 2.23 bits per heavy atom. The largest absolute Gasteiger partial charge is 0.494 e. The molecule has 114 valence electrons. The molecule has 0 aliphatic rings. The van der Waals surface area contributed by atoms with Crippen LogP contribution in [0.3, 0.4) is 0 Å². The normalized spacial score (nSPS) is 11.1. The summed E-state index contributed by atoms with van der Waals surface area (Å²) in [6.45, 7) is 1.83. The third kappa shape index (κ3) is 3.20. The lowest BCUT2D eigenvalue weighted by Gasteiger charge is -2.10. The summed E-state index contributed by atoms with van der Waals surface area (Å²) in [5, 5.41) is 9.99. The fourth-order valence-corrected chi connectivity index (χ4v) is 1.86. The molecule has 0 aliphatic carbocycles. The molecule has 0 saturated heterocycles. The number of benzene rings is 1. The molecule has 0 saturated carbocycles. The number of rotatable bonds is 5. The van der Waals surface area contributed by atoms with Crippen molar-refractivity contribution in [3.05, 3.63) is 47.7 Å². The van der Waals surface area contributed by atoms with Crippen LogP contribution in [0.15, 0.2) is 36.3 Å². The van der Waals surface area contributed by atoms with Gasteiger partial charge in [0.1, 0.15) is 0 Å². The maximum absolute atomic E-state index is 13.8. The number of aryl methyl sites for hydroxylation is 1. The van der Waals surface area contributed by atoms with Crippen molar-refractivity contribution in [3.63, 3.8) is 0 Å². The molecule has 22 heavy (non-hydrogen) atoms. The van der Waals surface area contributed by atoms with Gasteiger partial charge >= 0.3 is 0 Å². The average molecular weight is 301 g/mol. The van der Waals surface area contributed by atoms with E-state index in [4.69, 9.17) is 15.9 Å². The van der Waals surface area contributed by atoms with Crippen LogP contribution in [0.2, 0.25) is 0 Å². The molecule has 0 radical (unpaired) electrons. The van der Waals surface area contributed by atoms with E-state index >= 15 is 0 Å². The molecule has 1 aromatic carbocycles. The maximum atomic E-state index is 13.8. The van der Waals surface area contributed by atoms with Crippen molar-refractivity contribution in [2.45, 2.75) is 6.92 Å². The average Bonchev–Trinajstić information content (AvgIpc) is 2.54. The van der Waals surface area contributed by atoms with Gasteiger partial charge in [-0.25, -0.2) is 14.4 Å². The highest BCUT2D eigenvalue weighted by molar-refractivity contribution is 5.79. The van der Waals surface area contributed by atoms with Crippen LogP contribution in [0.1, 0.15) is 5.56 Å². The molecule has 0 unspecified atom stereocenters. The van der Waals surface area contributed by atoms with Gasteiger partial charge in [-0.05, 0) is 30.7 Å². The molecule has 0 bridgehead atoms. The van der Waals surface area contributed by atoms with E-state index in [9.17, 15) is 4.39 Å². The van der Waals surface area contributed by atoms with Gasteiger partial charge < -0.3 is 21.2 Å². The number of nitrogens with one attached hydrogen (secondary N) is 2. The van der Waals surface area contributed by atoms with Crippen molar-refractivity contribution >= 4 is 12.2 Å². The summed E-state index contributed by atoms with van der Waals surface area (Å²) in [6, 6.07) is 4.62. The van der Waals surface area contributed by atoms with Gasteiger partial charge in [-0.1, -0.05) is 0 Å². The Bertz CT molecular complexity index is 730. The Morgan fingerprint density at radius 1 is 1.45 bits per heavy atom. The molecule has 0 fully saturated rings. The molecule has 0 amide bonds. The number of nitrogens with zero attached hydrogens (tertiary/aromatic N) is 2. The van der Waals surface area contributed by atoms with E-state index < -0.39 is 5.82 Å². The first-order valence-electron chi connectivity index (χ1n) is 6.46. The summed E-state index contributed by atoms with van der Waals surface area (Å²) in [6.07, 6.45) is 3.91. The van der Waals surface area contributed by atoms with E-state index in [0.717, 1.165) is 11.8 Å². The summed E-state index contributed by atoms with van der Waals surface area (Å²) < 4.78 is 18.8. The van der Waals surface area contributed by atoms with Crippen molar-refractivity contribution in [2.24, 2.45) is 5.73 Å². The topological polar surface area (TPSA) is 96.9 Å². The predicted octanol–water partition coefficient (Wildman–Crippen LogP) is 2.46. The summed E-state index contributed by atoms with van der Waals surface area (Å²) in [7, 11) is 1.41. The third-order valence-electron chi connectivity index (χ3n) is 2.99. The molecule has 7 heteroatoms. The Morgan fingerprint density at radius 3 is 2.82 bits per heavy atom. The van der Waals surface area contributed by atoms with Crippen molar-refractivity contribution in [1.29, 1.82) is 5.41 Å². The molecule has 1 heterocycles. The summed E-state index contributed by atoms with van der Waals surface area (Å²) in [5.41, 5.74) is 7.71. The van der Waals surface area contributed by atoms with E-state index in [1.165, 1.54) is 19.4 Å². The van der Waals surface area contributed by atoms with E-state index in [1.54, 1.807) is 18.3 Å². The van der Waals surface area contributed by atoms with Crippen molar-refractivity contribution in [1.82, 2.24) is 9.97 Å². The van der Waals surface area contributed by atoms with Crippen molar-refractivity contribution in [3.8, 4) is 17.0 Å². The SMILES string of the molecule is COc1ccc(-c2nc(N/C(C=N)=C/N)ncc2C)cc1F. The van der Waals surface area contributed by atoms with E-state index in [1.807, 2.05) is 6.92 Å². The highest BCUT2D eigenvalue weighted by Crippen LogP contribution is 2.26.